The summed E-state index contributed by atoms with van der Waals surface area (Å²) in [6.07, 6.45) is 1.64. The molecular weight excluding hydrogens is 286 g/mol. The zero-order valence-corrected chi connectivity index (χ0v) is 13.7. The summed E-state index contributed by atoms with van der Waals surface area (Å²) in [5.41, 5.74) is 1.82. The summed E-state index contributed by atoms with van der Waals surface area (Å²) in [4.78, 5) is 15.5. The predicted molar refractivity (Wildman–Crippen MR) is 87.0 cm³/mol. The lowest BCUT2D eigenvalue weighted by Crippen LogP contribution is -2.29. The highest BCUT2D eigenvalue weighted by Crippen LogP contribution is 2.30. The summed E-state index contributed by atoms with van der Waals surface area (Å²) in [6, 6.07) is 3.78. The van der Waals surface area contributed by atoms with Crippen LogP contribution in [0.15, 0.2) is 12.1 Å². The van der Waals surface area contributed by atoms with Crippen molar-refractivity contribution in [1.29, 1.82) is 0 Å². The number of nitro benzene ring substituents is 1. The van der Waals surface area contributed by atoms with E-state index in [2.05, 4.69) is 24.1 Å². The number of hydrogen-bond acceptors (Lipinski definition) is 5. The van der Waals surface area contributed by atoms with Crippen LogP contribution in [0.25, 0.3) is 10.2 Å². The third-order valence-electron chi connectivity index (χ3n) is 3.52. The molecule has 0 amide bonds. The number of nitrogens with one attached hydrogen (secondary N) is 1. The number of benzene rings is 1. The minimum atomic E-state index is -0.286. The van der Waals surface area contributed by atoms with Gasteiger partial charge in [-0.15, -0.1) is 11.3 Å². The van der Waals surface area contributed by atoms with E-state index in [0.717, 1.165) is 27.2 Å². The molecule has 2 aromatic rings. The Balaban J connectivity index is 2.40. The number of aromatic nitrogens is 1. The van der Waals surface area contributed by atoms with E-state index in [9.17, 15) is 10.1 Å². The molecule has 0 saturated carbocycles. The Hall–Kier alpha value is -1.53. The van der Waals surface area contributed by atoms with Gasteiger partial charge in [-0.05, 0) is 38.8 Å². The van der Waals surface area contributed by atoms with Gasteiger partial charge in [0.1, 0.15) is 0 Å². The quantitative estimate of drug-likeness (QED) is 0.653. The Morgan fingerprint density at radius 3 is 2.71 bits per heavy atom. The third-order valence-corrected chi connectivity index (χ3v) is 4.46. The van der Waals surface area contributed by atoms with Crippen molar-refractivity contribution in [2.75, 3.05) is 7.05 Å². The van der Waals surface area contributed by atoms with Gasteiger partial charge in [0.25, 0.3) is 5.69 Å². The normalized spacial score (nSPS) is 13.0. The molecule has 1 N–H and O–H groups in total. The molecule has 0 spiro atoms. The van der Waals surface area contributed by atoms with Gasteiger partial charge in [-0.2, -0.15) is 0 Å². The van der Waals surface area contributed by atoms with Crippen LogP contribution in [0.3, 0.4) is 0 Å². The summed E-state index contributed by atoms with van der Waals surface area (Å²) < 4.78 is 0.882. The molecule has 1 aromatic carbocycles. The number of rotatable bonds is 6. The molecule has 1 atom stereocenters. The fraction of sp³-hybridized carbons (Fsp3) is 0.533. The minimum absolute atomic E-state index is 0.204. The van der Waals surface area contributed by atoms with E-state index in [4.69, 9.17) is 0 Å². The second-order valence-electron chi connectivity index (χ2n) is 5.76. The van der Waals surface area contributed by atoms with Crippen LogP contribution in [0.5, 0.6) is 0 Å². The van der Waals surface area contributed by atoms with Gasteiger partial charge in [0, 0.05) is 17.7 Å². The molecule has 0 fully saturated rings. The van der Waals surface area contributed by atoms with E-state index in [1.54, 1.807) is 6.07 Å². The van der Waals surface area contributed by atoms with E-state index < -0.39 is 0 Å². The first-order valence-corrected chi connectivity index (χ1v) is 7.94. The number of nitrogens with zero attached hydrogens (tertiary/aromatic N) is 2. The minimum Gasteiger partial charge on any atom is -0.317 e. The summed E-state index contributed by atoms with van der Waals surface area (Å²) in [5.74, 6) is 0.548. The van der Waals surface area contributed by atoms with Gasteiger partial charge in [-0.25, -0.2) is 4.98 Å². The smallest absolute Gasteiger partial charge is 0.274 e. The number of likely N-dealkylation sites (N-methyl/N-ethyl adjacent to an activating group) is 1. The van der Waals surface area contributed by atoms with E-state index >= 15 is 0 Å². The topological polar surface area (TPSA) is 68.1 Å². The van der Waals surface area contributed by atoms with Crippen LogP contribution < -0.4 is 5.32 Å². The Kier molecular flexibility index (Phi) is 4.90. The molecule has 5 nitrogen and oxygen atoms in total. The lowest BCUT2D eigenvalue weighted by atomic mass is 9.96. The van der Waals surface area contributed by atoms with Gasteiger partial charge in [-0.1, -0.05) is 13.8 Å². The molecule has 0 aliphatic carbocycles. The lowest BCUT2D eigenvalue weighted by molar-refractivity contribution is -0.385. The zero-order chi connectivity index (χ0) is 15.6. The van der Waals surface area contributed by atoms with Gasteiger partial charge in [0.15, 0.2) is 0 Å². The Labute approximate surface area is 128 Å². The summed E-state index contributed by atoms with van der Waals surface area (Å²) in [5, 5.41) is 15.5. The second kappa shape index (κ2) is 6.49. The second-order valence-corrected chi connectivity index (χ2v) is 6.99. The lowest BCUT2D eigenvalue weighted by Gasteiger charge is -2.18. The van der Waals surface area contributed by atoms with Gasteiger partial charge in [0.2, 0.25) is 0 Å². The van der Waals surface area contributed by atoms with Crippen LogP contribution in [0.4, 0.5) is 5.69 Å². The average Bonchev–Trinajstić information content (AvgIpc) is 2.75. The highest BCUT2D eigenvalue weighted by molar-refractivity contribution is 7.18. The first-order valence-electron chi connectivity index (χ1n) is 7.12. The van der Waals surface area contributed by atoms with Crippen LogP contribution in [-0.4, -0.2) is 23.0 Å². The van der Waals surface area contributed by atoms with Crippen molar-refractivity contribution in [3.8, 4) is 0 Å². The summed E-state index contributed by atoms with van der Waals surface area (Å²) in [6.45, 7) is 6.24. The van der Waals surface area contributed by atoms with Crippen molar-refractivity contribution < 1.29 is 4.92 Å². The maximum absolute atomic E-state index is 11.3. The van der Waals surface area contributed by atoms with E-state index in [0.29, 0.717) is 12.3 Å². The molecule has 0 radical (unpaired) electrons. The van der Waals surface area contributed by atoms with Crippen molar-refractivity contribution >= 4 is 27.2 Å². The van der Waals surface area contributed by atoms with Crippen molar-refractivity contribution in [2.45, 2.75) is 39.7 Å². The van der Waals surface area contributed by atoms with Crippen LogP contribution in [0.2, 0.25) is 0 Å². The van der Waals surface area contributed by atoms with Crippen LogP contribution in [0, 0.1) is 23.0 Å². The molecule has 2 rings (SSSR count). The van der Waals surface area contributed by atoms with Gasteiger partial charge < -0.3 is 5.32 Å². The molecule has 1 heterocycles. The Morgan fingerprint density at radius 1 is 1.43 bits per heavy atom. The van der Waals surface area contributed by atoms with E-state index in [1.807, 2.05) is 20.0 Å². The molecule has 21 heavy (non-hydrogen) atoms. The summed E-state index contributed by atoms with van der Waals surface area (Å²) >= 11 is 1.50. The molecule has 1 unspecified atom stereocenters. The highest BCUT2D eigenvalue weighted by atomic mass is 32.1. The molecule has 1 aromatic heterocycles. The Bertz CT molecular complexity index is 652. The van der Waals surface area contributed by atoms with Crippen molar-refractivity contribution in [1.82, 2.24) is 10.3 Å². The number of nitro groups is 1. The van der Waals surface area contributed by atoms with Gasteiger partial charge in [-0.3, -0.25) is 10.1 Å². The number of thiazole rings is 1. The number of fused-ring (bicyclic) bond motifs is 1. The fourth-order valence-electron chi connectivity index (χ4n) is 2.59. The van der Waals surface area contributed by atoms with Crippen molar-refractivity contribution in [3.63, 3.8) is 0 Å². The molecule has 6 heteroatoms. The first kappa shape index (κ1) is 15.9. The van der Waals surface area contributed by atoms with Gasteiger partial charge in [0.05, 0.1) is 20.1 Å². The standard InChI is InChI=1S/C15H21N3O2S/c1-9(2)5-12(16-4)6-11-7-13-15(21-10(3)17-13)8-14(11)18(19)20/h7-9,12,16H,5-6H2,1-4H3. The highest BCUT2D eigenvalue weighted by Gasteiger charge is 2.20. The molecule has 114 valence electrons. The number of hydrogen-bond donors (Lipinski definition) is 1. The first-order chi connectivity index (χ1) is 9.90. The SMILES string of the molecule is CNC(Cc1cc2nc(C)sc2cc1[N+](=O)[O-])CC(C)C. The van der Waals surface area contributed by atoms with Crippen LogP contribution >= 0.6 is 11.3 Å². The van der Waals surface area contributed by atoms with Crippen molar-refractivity contribution in [3.05, 3.63) is 32.8 Å². The Morgan fingerprint density at radius 2 is 2.14 bits per heavy atom. The van der Waals surface area contributed by atoms with Gasteiger partial charge >= 0.3 is 0 Å². The number of aryl methyl sites for hydroxylation is 1. The third kappa shape index (κ3) is 3.77. The molecule has 0 bridgehead atoms. The maximum Gasteiger partial charge on any atom is 0.274 e. The van der Waals surface area contributed by atoms with E-state index in [1.165, 1.54) is 11.3 Å². The maximum atomic E-state index is 11.3. The predicted octanol–water partition coefficient (Wildman–Crippen LogP) is 3.69. The van der Waals surface area contributed by atoms with E-state index in [-0.39, 0.29) is 16.7 Å². The van der Waals surface area contributed by atoms with Crippen LogP contribution in [0.1, 0.15) is 30.8 Å². The average molecular weight is 307 g/mol. The van der Waals surface area contributed by atoms with Crippen molar-refractivity contribution in [2.24, 2.45) is 5.92 Å². The largest absolute Gasteiger partial charge is 0.317 e. The monoisotopic (exact) mass is 307 g/mol. The summed E-state index contributed by atoms with van der Waals surface area (Å²) in [7, 11) is 1.91. The van der Waals surface area contributed by atoms with Crippen LogP contribution in [-0.2, 0) is 6.42 Å². The zero-order valence-electron chi connectivity index (χ0n) is 12.8. The molecule has 0 aliphatic rings. The molecule has 0 aliphatic heterocycles. The fourth-order valence-corrected chi connectivity index (χ4v) is 3.43. The molecular formula is C15H21N3O2S. The molecule has 0 saturated heterocycles.